The monoisotopic (exact) mass is 408 g/mol. The van der Waals surface area contributed by atoms with Crippen molar-refractivity contribution >= 4 is 34.0 Å². The van der Waals surface area contributed by atoms with Gasteiger partial charge in [0.05, 0.1) is 24.0 Å². The molecule has 1 amide bonds. The molecule has 8 heteroatoms. The van der Waals surface area contributed by atoms with Gasteiger partial charge in [0.1, 0.15) is 11.4 Å². The van der Waals surface area contributed by atoms with Gasteiger partial charge in [-0.05, 0) is 35.4 Å². The molecule has 154 valence electrons. The molecule has 0 aliphatic rings. The first-order valence-corrected chi connectivity index (χ1v) is 9.30. The van der Waals surface area contributed by atoms with Gasteiger partial charge in [-0.15, -0.1) is 0 Å². The second-order valence-electron chi connectivity index (χ2n) is 6.44. The van der Waals surface area contributed by atoms with Gasteiger partial charge in [0.2, 0.25) is 0 Å². The quantitative estimate of drug-likeness (QED) is 0.344. The number of nitro groups is 1. The number of nitrogens with one attached hydrogen (secondary N) is 1. The maximum absolute atomic E-state index is 12.1. The lowest BCUT2D eigenvalue weighted by Crippen LogP contribution is -2.22. The first kappa shape index (κ1) is 20.8. The molecule has 0 aliphatic carbocycles. The highest BCUT2D eigenvalue weighted by atomic mass is 16.6. The molecule has 0 radical (unpaired) electrons. The third-order valence-corrected chi connectivity index (χ3v) is 4.28. The number of rotatable bonds is 8. The molecule has 0 saturated heterocycles. The number of ether oxygens (including phenoxy) is 2. The largest absolute Gasteiger partial charge is 0.494 e. The van der Waals surface area contributed by atoms with Crippen molar-refractivity contribution < 1.29 is 24.0 Å². The first-order valence-electron chi connectivity index (χ1n) is 9.30. The average molecular weight is 408 g/mol. The molecule has 0 atom stereocenters. The van der Waals surface area contributed by atoms with Crippen molar-refractivity contribution in [2.45, 2.75) is 13.3 Å². The van der Waals surface area contributed by atoms with E-state index in [1.54, 1.807) is 6.92 Å². The van der Waals surface area contributed by atoms with Crippen molar-refractivity contribution in [2.24, 2.45) is 0 Å². The van der Waals surface area contributed by atoms with E-state index in [0.717, 1.165) is 16.3 Å². The average Bonchev–Trinajstić information content (AvgIpc) is 2.73. The van der Waals surface area contributed by atoms with Gasteiger partial charge in [0, 0.05) is 0 Å². The van der Waals surface area contributed by atoms with E-state index in [0.29, 0.717) is 12.4 Å². The number of amides is 1. The number of carbonyl (C=O) groups is 2. The van der Waals surface area contributed by atoms with Crippen molar-refractivity contribution in [3.05, 3.63) is 76.3 Å². The summed E-state index contributed by atoms with van der Waals surface area (Å²) in [6.45, 7) is 1.57. The number of anilines is 1. The first-order chi connectivity index (χ1) is 14.5. The molecule has 1 N–H and O–H groups in total. The summed E-state index contributed by atoms with van der Waals surface area (Å²) in [6, 6.07) is 17.5. The van der Waals surface area contributed by atoms with Crippen LogP contribution in [0, 0.1) is 10.1 Å². The van der Waals surface area contributed by atoms with Crippen LogP contribution in [0.4, 0.5) is 11.4 Å². The number of fused-ring (bicyclic) bond motifs is 1. The summed E-state index contributed by atoms with van der Waals surface area (Å²) in [7, 11) is 0. The van der Waals surface area contributed by atoms with Gasteiger partial charge in [0.25, 0.3) is 11.6 Å². The minimum absolute atomic E-state index is 0.000897. The van der Waals surface area contributed by atoms with Crippen LogP contribution in [0.25, 0.3) is 10.8 Å². The van der Waals surface area contributed by atoms with Gasteiger partial charge >= 0.3 is 5.97 Å². The lowest BCUT2D eigenvalue weighted by Gasteiger charge is -2.09. The zero-order chi connectivity index (χ0) is 21.5. The van der Waals surface area contributed by atoms with E-state index in [2.05, 4.69) is 5.32 Å². The highest BCUT2D eigenvalue weighted by Crippen LogP contribution is 2.29. The SMILES string of the molecule is CCOc1ccc(NC(=O)COC(=O)Cc2ccc3ccccc3c2)c([N+](=O)[O-])c1. The zero-order valence-electron chi connectivity index (χ0n) is 16.3. The van der Waals surface area contributed by atoms with Crippen molar-refractivity contribution in [1.29, 1.82) is 0 Å². The Labute approximate surface area is 172 Å². The summed E-state index contributed by atoms with van der Waals surface area (Å²) in [6.07, 6.45) is 0.0152. The van der Waals surface area contributed by atoms with E-state index in [4.69, 9.17) is 9.47 Å². The van der Waals surface area contributed by atoms with E-state index in [1.165, 1.54) is 18.2 Å². The summed E-state index contributed by atoms with van der Waals surface area (Å²) in [5.41, 5.74) is 0.456. The Bertz CT molecular complexity index is 1100. The van der Waals surface area contributed by atoms with E-state index < -0.39 is 23.4 Å². The highest BCUT2D eigenvalue weighted by Gasteiger charge is 2.18. The predicted molar refractivity (Wildman–Crippen MR) is 112 cm³/mol. The molecule has 0 aliphatic heterocycles. The second-order valence-corrected chi connectivity index (χ2v) is 6.44. The molecular weight excluding hydrogens is 388 g/mol. The summed E-state index contributed by atoms with van der Waals surface area (Å²) < 4.78 is 10.2. The molecule has 0 fully saturated rings. The number of carbonyl (C=O) groups excluding carboxylic acids is 2. The Balaban J connectivity index is 1.57. The smallest absolute Gasteiger partial charge is 0.310 e. The van der Waals surface area contributed by atoms with Crippen LogP contribution in [0.3, 0.4) is 0 Å². The summed E-state index contributed by atoms with van der Waals surface area (Å²) >= 11 is 0. The fourth-order valence-electron chi connectivity index (χ4n) is 2.92. The molecule has 0 saturated carbocycles. The highest BCUT2D eigenvalue weighted by molar-refractivity contribution is 5.95. The van der Waals surface area contributed by atoms with E-state index in [1.807, 2.05) is 42.5 Å². The molecule has 0 aromatic heterocycles. The number of benzene rings is 3. The molecule has 30 heavy (non-hydrogen) atoms. The summed E-state index contributed by atoms with van der Waals surface area (Å²) in [4.78, 5) is 34.8. The molecule has 3 aromatic carbocycles. The molecule has 0 heterocycles. The number of nitrogens with zero attached hydrogens (tertiary/aromatic N) is 1. The van der Waals surface area contributed by atoms with Crippen LogP contribution in [0.5, 0.6) is 5.75 Å². The van der Waals surface area contributed by atoms with Crippen LogP contribution >= 0.6 is 0 Å². The molecular formula is C22H20N2O6. The Morgan fingerprint density at radius 2 is 1.80 bits per heavy atom. The van der Waals surface area contributed by atoms with Crippen LogP contribution in [0.1, 0.15) is 12.5 Å². The van der Waals surface area contributed by atoms with Gasteiger partial charge < -0.3 is 14.8 Å². The number of esters is 1. The summed E-state index contributed by atoms with van der Waals surface area (Å²) in [5.74, 6) is -0.917. The molecule has 8 nitrogen and oxygen atoms in total. The van der Waals surface area contributed by atoms with Gasteiger partial charge in [0.15, 0.2) is 6.61 Å². The maximum atomic E-state index is 12.1. The minimum atomic E-state index is -0.672. The lowest BCUT2D eigenvalue weighted by atomic mass is 10.1. The van der Waals surface area contributed by atoms with E-state index in [9.17, 15) is 19.7 Å². The van der Waals surface area contributed by atoms with Crippen LogP contribution in [-0.4, -0.2) is 30.0 Å². The molecule has 0 spiro atoms. The Kier molecular flexibility index (Phi) is 6.59. The van der Waals surface area contributed by atoms with Crippen molar-refractivity contribution in [3.63, 3.8) is 0 Å². The number of nitro benzene ring substituents is 1. The molecule has 3 rings (SSSR count). The molecule has 0 bridgehead atoms. The third-order valence-electron chi connectivity index (χ3n) is 4.28. The van der Waals surface area contributed by atoms with Crippen molar-refractivity contribution in [1.82, 2.24) is 0 Å². The topological polar surface area (TPSA) is 108 Å². The fourth-order valence-corrected chi connectivity index (χ4v) is 2.92. The number of hydrogen-bond acceptors (Lipinski definition) is 6. The second kappa shape index (κ2) is 9.51. The van der Waals surface area contributed by atoms with Crippen LogP contribution in [0.15, 0.2) is 60.7 Å². The van der Waals surface area contributed by atoms with Gasteiger partial charge in [-0.3, -0.25) is 19.7 Å². The zero-order valence-corrected chi connectivity index (χ0v) is 16.3. The number of hydrogen-bond donors (Lipinski definition) is 1. The summed E-state index contributed by atoms with van der Waals surface area (Å²) in [5, 5.41) is 15.7. The molecule has 3 aromatic rings. The predicted octanol–water partition coefficient (Wildman–Crippen LogP) is 3.87. The molecule has 0 unspecified atom stereocenters. The maximum Gasteiger partial charge on any atom is 0.310 e. The normalized spacial score (nSPS) is 10.4. The van der Waals surface area contributed by atoms with Gasteiger partial charge in [-0.1, -0.05) is 42.5 Å². The Hall–Kier alpha value is -3.94. The van der Waals surface area contributed by atoms with Gasteiger partial charge in [-0.25, -0.2) is 0 Å². The van der Waals surface area contributed by atoms with Crippen molar-refractivity contribution in [3.8, 4) is 5.75 Å². The van der Waals surface area contributed by atoms with Crippen LogP contribution in [-0.2, 0) is 20.7 Å². The van der Waals surface area contributed by atoms with E-state index in [-0.39, 0.29) is 17.8 Å². The fraction of sp³-hybridized carbons (Fsp3) is 0.182. The van der Waals surface area contributed by atoms with Crippen LogP contribution < -0.4 is 10.1 Å². The standard InChI is InChI=1S/C22H20N2O6/c1-2-29-18-9-10-19(20(13-18)24(27)28)23-21(25)14-30-22(26)12-15-7-8-16-5-3-4-6-17(16)11-15/h3-11,13H,2,12,14H2,1H3,(H,23,25). The minimum Gasteiger partial charge on any atom is -0.494 e. The Morgan fingerprint density at radius 1 is 1.03 bits per heavy atom. The van der Waals surface area contributed by atoms with Crippen molar-refractivity contribution in [2.75, 3.05) is 18.5 Å². The Morgan fingerprint density at radius 3 is 2.53 bits per heavy atom. The lowest BCUT2D eigenvalue weighted by molar-refractivity contribution is -0.384. The van der Waals surface area contributed by atoms with Gasteiger partial charge in [-0.2, -0.15) is 0 Å². The van der Waals surface area contributed by atoms with E-state index >= 15 is 0 Å². The van der Waals surface area contributed by atoms with Crippen LogP contribution in [0.2, 0.25) is 0 Å². The third kappa shape index (κ3) is 5.32.